The van der Waals surface area contributed by atoms with E-state index >= 15 is 0 Å². The van der Waals surface area contributed by atoms with E-state index in [0.29, 0.717) is 6.04 Å². The van der Waals surface area contributed by atoms with Crippen LogP contribution in [0.15, 0.2) is 42.7 Å². The number of aromatic nitrogens is 2. The number of nitrogens with zero attached hydrogens (tertiary/aromatic N) is 2. The lowest BCUT2D eigenvalue weighted by Crippen LogP contribution is -2.32. The summed E-state index contributed by atoms with van der Waals surface area (Å²) >= 11 is 0. The van der Waals surface area contributed by atoms with Crippen molar-refractivity contribution in [1.82, 2.24) is 15.1 Å². The van der Waals surface area contributed by atoms with Gasteiger partial charge in [-0.15, -0.1) is 0 Å². The summed E-state index contributed by atoms with van der Waals surface area (Å²) in [5.41, 5.74) is 2.51. The average Bonchev–Trinajstić information content (AvgIpc) is 2.88. The van der Waals surface area contributed by atoms with E-state index in [2.05, 4.69) is 56.4 Å². The number of nitrogens with one attached hydrogen (secondary N) is 1. The normalized spacial score (nSPS) is 13.4. The van der Waals surface area contributed by atoms with Crippen molar-refractivity contribution in [1.29, 1.82) is 0 Å². The minimum Gasteiger partial charge on any atom is -0.309 e. The molecule has 1 aromatic heterocycles. The Morgan fingerprint density at radius 3 is 2.50 bits per heavy atom. The summed E-state index contributed by atoms with van der Waals surface area (Å²) in [5.74, 6) is 0. The minimum atomic E-state index is 0.166. The van der Waals surface area contributed by atoms with Crippen LogP contribution in [0.4, 0.5) is 0 Å². The molecule has 1 aromatic carbocycles. The predicted molar refractivity (Wildman–Crippen MR) is 84.1 cm³/mol. The maximum absolute atomic E-state index is 4.51. The Labute approximate surface area is 122 Å². The first kappa shape index (κ1) is 14.8. The highest BCUT2D eigenvalue weighted by molar-refractivity contribution is 5.31. The first-order chi connectivity index (χ1) is 9.52. The fourth-order valence-corrected chi connectivity index (χ4v) is 2.42. The molecule has 0 aliphatic heterocycles. The first-order valence-corrected chi connectivity index (χ1v) is 7.35. The molecule has 0 saturated heterocycles. The minimum absolute atomic E-state index is 0.166. The molecule has 1 atom stereocenters. The molecule has 0 amide bonds. The standard InChI is InChI=1S/C17H25N3/c1-5-11-18-16(17(2,3)4)14-12-19-20(13-14)15-9-7-6-8-10-15/h6-10,12-13,16,18H,5,11H2,1-4H3. The molecule has 3 heteroatoms. The van der Waals surface area contributed by atoms with Gasteiger partial charge in [-0.3, -0.25) is 0 Å². The van der Waals surface area contributed by atoms with E-state index in [1.165, 1.54) is 5.56 Å². The van der Waals surface area contributed by atoms with Crippen LogP contribution in [0.25, 0.3) is 5.69 Å². The number of para-hydroxylation sites is 1. The molecule has 2 aromatic rings. The summed E-state index contributed by atoms with van der Waals surface area (Å²) in [5, 5.41) is 8.14. The third kappa shape index (κ3) is 3.48. The zero-order valence-electron chi connectivity index (χ0n) is 12.9. The van der Waals surface area contributed by atoms with Crippen LogP contribution in [-0.4, -0.2) is 16.3 Å². The lowest BCUT2D eigenvalue weighted by molar-refractivity contribution is 0.273. The Morgan fingerprint density at radius 1 is 1.20 bits per heavy atom. The fourth-order valence-electron chi connectivity index (χ4n) is 2.42. The van der Waals surface area contributed by atoms with Crippen molar-refractivity contribution in [2.24, 2.45) is 5.41 Å². The van der Waals surface area contributed by atoms with Crippen LogP contribution < -0.4 is 5.32 Å². The predicted octanol–water partition coefficient (Wildman–Crippen LogP) is 3.96. The number of benzene rings is 1. The maximum Gasteiger partial charge on any atom is 0.0645 e. The second kappa shape index (κ2) is 6.23. The summed E-state index contributed by atoms with van der Waals surface area (Å²) in [6.45, 7) is 10.0. The Balaban J connectivity index is 2.25. The molecule has 0 radical (unpaired) electrons. The molecule has 0 aliphatic carbocycles. The third-order valence-electron chi connectivity index (χ3n) is 3.42. The molecule has 20 heavy (non-hydrogen) atoms. The largest absolute Gasteiger partial charge is 0.309 e. The van der Waals surface area contributed by atoms with Gasteiger partial charge in [0.05, 0.1) is 11.9 Å². The van der Waals surface area contributed by atoms with E-state index in [1.54, 1.807) is 0 Å². The molecule has 0 fully saturated rings. The molecule has 108 valence electrons. The fraction of sp³-hybridized carbons (Fsp3) is 0.471. The summed E-state index contributed by atoms with van der Waals surface area (Å²) in [6.07, 6.45) is 5.25. The van der Waals surface area contributed by atoms with Gasteiger partial charge in [-0.2, -0.15) is 5.10 Å². The highest BCUT2D eigenvalue weighted by atomic mass is 15.3. The molecule has 3 nitrogen and oxygen atoms in total. The van der Waals surface area contributed by atoms with Crippen LogP contribution >= 0.6 is 0 Å². The van der Waals surface area contributed by atoms with Crippen LogP contribution in [0.3, 0.4) is 0 Å². The zero-order chi connectivity index (χ0) is 14.6. The van der Waals surface area contributed by atoms with E-state index in [-0.39, 0.29) is 5.41 Å². The molecule has 2 rings (SSSR count). The van der Waals surface area contributed by atoms with Gasteiger partial charge in [0.15, 0.2) is 0 Å². The van der Waals surface area contributed by atoms with Crippen molar-refractivity contribution in [3.05, 3.63) is 48.3 Å². The van der Waals surface area contributed by atoms with E-state index in [9.17, 15) is 0 Å². The lowest BCUT2D eigenvalue weighted by Gasteiger charge is -2.31. The van der Waals surface area contributed by atoms with Gasteiger partial charge in [-0.25, -0.2) is 4.68 Å². The van der Waals surface area contributed by atoms with E-state index < -0.39 is 0 Å². The van der Waals surface area contributed by atoms with Gasteiger partial charge in [0.1, 0.15) is 0 Å². The number of hydrogen-bond donors (Lipinski definition) is 1. The SMILES string of the molecule is CCCNC(c1cnn(-c2ccccc2)c1)C(C)(C)C. The zero-order valence-corrected chi connectivity index (χ0v) is 12.9. The van der Waals surface area contributed by atoms with Crippen molar-refractivity contribution >= 4 is 0 Å². The Hall–Kier alpha value is -1.61. The van der Waals surface area contributed by atoms with Crippen LogP contribution in [-0.2, 0) is 0 Å². The monoisotopic (exact) mass is 271 g/mol. The number of rotatable bonds is 5. The average molecular weight is 271 g/mol. The van der Waals surface area contributed by atoms with Crippen LogP contribution in [0, 0.1) is 5.41 Å². The second-order valence-corrected chi connectivity index (χ2v) is 6.31. The third-order valence-corrected chi connectivity index (χ3v) is 3.42. The summed E-state index contributed by atoms with van der Waals surface area (Å²) in [6, 6.07) is 10.6. The molecule has 0 spiro atoms. The first-order valence-electron chi connectivity index (χ1n) is 7.35. The van der Waals surface area contributed by atoms with Gasteiger partial charge in [0.2, 0.25) is 0 Å². The second-order valence-electron chi connectivity index (χ2n) is 6.31. The molecule has 0 aliphatic rings. The van der Waals surface area contributed by atoms with Gasteiger partial charge >= 0.3 is 0 Å². The van der Waals surface area contributed by atoms with Crippen LogP contribution in [0.1, 0.15) is 45.7 Å². The highest BCUT2D eigenvalue weighted by Gasteiger charge is 2.26. The lowest BCUT2D eigenvalue weighted by atomic mass is 9.83. The Bertz CT molecular complexity index is 523. The number of hydrogen-bond acceptors (Lipinski definition) is 2. The highest BCUT2D eigenvalue weighted by Crippen LogP contribution is 2.32. The van der Waals surface area contributed by atoms with Gasteiger partial charge in [0, 0.05) is 17.8 Å². The summed E-state index contributed by atoms with van der Waals surface area (Å²) in [4.78, 5) is 0. The van der Waals surface area contributed by atoms with Crippen LogP contribution in [0.2, 0.25) is 0 Å². The Morgan fingerprint density at radius 2 is 1.90 bits per heavy atom. The van der Waals surface area contributed by atoms with Gasteiger partial charge < -0.3 is 5.32 Å². The summed E-state index contributed by atoms with van der Waals surface area (Å²) < 4.78 is 1.95. The smallest absolute Gasteiger partial charge is 0.0645 e. The van der Waals surface area contributed by atoms with E-state index in [1.807, 2.05) is 29.1 Å². The van der Waals surface area contributed by atoms with E-state index in [4.69, 9.17) is 0 Å². The van der Waals surface area contributed by atoms with Crippen molar-refractivity contribution in [3.8, 4) is 5.69 Å². The molecule has 1 heterocycles. The van der Waals surface area contributed by atoms with E-state index in [0.717, 1.165) is 18.7 Å². The van der Waals surface area contributed by atoms with Gasteiger partial charge in [-0.05, 0) is 30.5 Å². The van der Waals surface area contributed by atoms with Gasteiger partial charge in [-0.1, -0.05) is 45.9 Å². The van der Waals surface area contributed by atoms with Crippen molar-refractivity contribution < 1.29 is 0 Å². The quantitative estimate of drug-likeness (QED) is 0.892. The summed E-state index contributed by atoms with van der Waals surface area (Å²) in [7, 11) is 0. The Kier molecular flexibility index (Phi) is 4.61. The molecular formula is C17H25N3. The van der Waals surface area contributed by atoms with Crippen molar-refractivity contribution in [3.63, 3.8) is 0 Å². The molecule has 1 unspecified atom stereocenters. The molecule has 1 N–H and O–H groups in total. The van der Waals surface area contributed by atoms with Crippen LogP contribution in [0.5, 0.6) is 0 Å². The maximum atomic E-state index is 4.51. The topological polar surface area (TPSA) is 29.9 Å². The van der Waals surface area contributed by atoms with Crippen molar-refractivity contribution in [2.75, 3.05) is 6.54 Å². The molecular weight excluding hydrogens is 246 g/mol. The molecule has 0 saturated carbocycles. The molecule has 0 bridgehead atoms. The van der Waals surface area contributed by atoms with Crippen molar-refractivity contribution in [2.45, 2.75) is 40.2 Å². The van der Waals surface area contributed by atoms with Gasteiger partial charge in [0.25, 0.3) is 0 Å².